The minimum atomic E-state index is -0.0671. The molecule has 4 rings (SSSR count). The Morgan fingerprint density at radius 1 is 1.16 bits per heavy atom. The van der Waals surface area contributed by atoms with Crippen LogP contribution in [0.15, 0.2) is 11.6 Å². The van der Waals surface area contributed by atoms with Gasteiger partial charge in [0.2, 0.25) is 0 Å². The van der Waals surface area contributed by atoms with E-state index in [-0.39, 0.29) is 6.10 Å². The van der Waals surface area contributed by atoms with Gasteiger partial charge in [-0.2, -0.15) is 0 Å². The lowest BCUT2D eigenvalue weighted by Crippen LogP contribution is -2.48. The third-order valence-corrected chi connectivity index (χ3v) is 8.57. The fourth-order valence-electron chi connectivity index (χ4n) is 7.11. The second-order valence-electron chi connectivity index (χ2n) is 9.38. The Hall–Kier alpha value is -0.630. The van der Waals surface area contributed by atoms with Crippen LogP contribution < -0.4 is 0 Å². The van der Waals surface area contributed by atoms with Crippen molar-refractivity contribution in [3.8, 4) is 0 Å². The summed E-state index contributed by atoms with van der Waals surface area (Å²) in [6, 6.07) is 0. The van der Waals surface area contributed by atoms with Gasteiger partial charge in [0.1, 0.15) is 6.29 Å². The van der Waals surface area contributed by atoms with E-state index in [1.54, 1.807) is 5.57 Å². The third kappa shape index (κ3) is 2.93. The number of hydrogen-bond acceptors (Lipinski definition) is 2. The summed E-state index contributed by atoms with van der Waals surface area (Å²) in [6.45, 7) is 8.95. The van der Waals surface area contributed by atoms with Crippen molar-refractivity contribution in [2.24, 2.45) is 34.5 Å². The van der Waals surface area contributed by atoms with E-state index in [0.29, 0.717) is 22.7 Å². The van der Waals surface area contributed by atoms with Crippen molar-refractivity contribution in [2.75, 3.05) is 0 Å². The molecule has 0 amide bonds. The average Bonchev–Trinajstić information content (AvgIpc) is 2.94. The van der Waals surface area contributed by atoms with E-state index >= 15 is 0 Å². The first kappa shape index (κ1) is 19.1. The topological polar surface area (TPSA) is 37.3 Å². The van der Waals surface area contributed by atoms with Gasteiger partial charge in [-0.3, -0.25) is 0 Å². The first-order chi connectivity index (χ1) is 12.0. The molecule has 0 saturated heterocycles. The Morgan fingerprint density at radius 2 is 1.92 bits per heavy atom. The molecule has 0 aliphatic heterocycles. The molecule has 4 aliphatic carbocycles. The molecule has 3 fully saturated rings. The van der Waals surface area contributed by atoms with Crippen LogP contribution in [0, 0.1) is 34.5 Å². The van der Waals surface area contributed by atoms with Crippen LogP contribution in [-0.2, 0) is 4.79 Å². The van der Waals surface area contributed by atoms with Crippen molar-refractivity contribution in [1.82, 2.24) is 0 Å². The Morgan fingerprint density at radius 3 is 2.64 bits per heavy atom. The maximum Gasteiger partial charge on any atom is 0.120 e. The maximum absolute atomic E-state index is 11.1. The van der Waals surface area contributed by atoms with E-state index in [1.807, 2.05) is 13.8 Å². The normalized spacial score (nSPS) is 48.2. The van der Waals surface area contributed by atoms with E-state index in [0.717, 1.165) is 37.4 Å². The van der Waals surface area contributed by atoms with Crippen molar-refractivity contribution in [2.45, 2.75) is 91.6 Å². The second-order valence-corrected chi connectivity index (χ2v) is 9.38. The number of carbonyl (C=O) groups is 1. The summed E-state index contributed by atoms with van der Waals surface area (Å²) in [5, 5.41) is 10.1. The Labute approximate surface area is 154 Å². The summed E-state index contributed by atoms with van der Waals surface area (Å²) in [6.07, 6.45) is 13.9. The number of rotatable bonds is 2. The van der Waals surface area contributed by atoms with E-state index in [9.17, 15) is 9.90 Å². The van der Waals surface area contributed by atoms with Crippen LogP contribution in [0.25, 0.3) is 0 Å². The first-order valence-corrected chi connectivity index (χ1v) is 10.8. The molecule has 7 atom stereocenters. The summed E-state index contributed by atoms with van der Waals surface area (Å²) in [7, 11) is 0. The van der Waals surface area contributed by atoms with E-state index in [2.05, 4.69) is 19.9 Å². The van der Waals surface area contributed by atoms with Crippen molar-refractivity contribution in [3.63, 3.8) is 0 Å². The predicted molar refractivity (Wildman–Crippen MR) is 103 cm³/mol. The largest absolute Gasteiger partial charge is 0.393 e. The minimum absolute atomic E-state index is 0.0671. The molecule has 0 aromatic heterocycles. The number of allylic oxidation sites excluding steroid dienone is 2. The highest BCUT2D eigenvalue weighted by Crippen LogP contribution is 2.65. The van der Waals surface area contributed by atoms with Crippen molar-refractivity contribution in [3.05, 3.63) is 11.6 Å². The summed E-state index contributed by atoms with van der Waals surface area (Å²) < 4.78 is 0. The molecule has 2 nitrogen and oxygen atoms in total. The lowest BCUT2D eigenvalue weighted by atomic mass is 9.48. The molecule has 7 unspecified atom stereocenters. The smallest absolute Gasteiger partial charge is 0.120 e. The highest BCUT2D eigenvalue weighted by atomic mass is 16.3. The highest BCUT2D eigenvalue weighted by molar-refractivity contribution is 5.50. The summed E-state index contributed by atoms with van der Waals surface area (Å²) in [5.41, 5.74) is 2.44. The zero-order chi connectivity index (χ0) is 18.2. The fraction of sp³-hybridized carbons (Fsp3) is 0.870. The van der Waals surface area contributed by atoms with Gasteiger partial charge in [-0.1, -0.05) is 39.3 Å². The van der Waals surface area contributed by atoms with Gasteiger partial charge in [-0.05, 0) is 85.9 Å². The van der Waals surface area contributed by atoms with Crippen LogP contribution in [0.2, 0.25) is 0 Å². The lowest BCUT2D eigenvalue weighted by Gasteiger charge is -2.56. The molecule has 25 heavy (non-hydrogen) atoms. The number of aldehydes is 1. The molecular formula is C23H38O2. The number of fused-ring (bicyclic) bond motifs is 5. The zero-order valence-corrected chi connectivity index (χ0v) is 16.8. The van der Waals surface area contributed by atoms with Gasteiger partial charge in [0, 0.05) is 6.42 Å². The van der Waals surface area contributed by atoms with Gasteiger partial charge in [0.25, 0.3) is 0 Å². The molecule has 4 aliphatic rings. The van der Waals surface area contributed by atoms with Crippen LogP contribution in [0.1, 0.15) is 85.5 Å². The van der Waals surface area contributed by atoms with Crippen LogP contribution in [0.3, 0.4) is 0 Å². The molecule has 0 spiro atoms. The number of aliphatic hydroxyl groups excluding tert-OH is 1. The second kappa shape index (κ2) is 7.18. The molecular weight excluding hydrogens is 308 g/mol. The standard InChI is InChI=1S/C21H32O2.C2H6/c1-20-11-8-19-17(18(20)6-4-14(20)9-12-22)5-3-15-13-16(23)7-10-21(15,19)2;1-2/h8,12,14-18,23H,3-7,9-11,13H2,1-2H3;1-2H3. The SMILES string of the molecule is CC.CC12CCC(O)CC1CCC1C2=CCC2(C)C(CC=O)CCC12. The zero-order valence-electron chi connectivity index (χ0n) is 16.8. The average molecular weight is 347 g/mol. The monoisotopic (exact) mass is 346 g/mol. The van der Waals surface area contributed by atoms with Crippen molar-refractivity contribution >= 4 is 6.29 Å². The number of carbonyl (C=O) groups excluding carboxylic acids is 1. The minimum Gasteiger partial charge on any atom is -0.393 e. The van der Waals surface area contributed by atoms with Gasteiger partial charge >= 0.3 is 0 Å². The molecule has 0 radical (unpaired) electrons. The van der Waals surface area contributed by atoms with Gasteiger partial charge < -0.3 is 9.90 Å². The Balaban J connectivity index is 0.000000880. The third-order valence-electron chi connectivity index (χ3n) is 8.57. The lowest BCUT2D eigenvalue weighted by molar-refractivity contribution is -0.109. The van der Waals surface area contributed by atoms with Crippen LogP contribution in [0.4, 0.5) is 0 Å². The maximum atomic E-state index is 11.1. The van der Waals surface area contributed by atoms with Gasteiger partial charge in [0.15, 0.2) is 0 Å². The summed E-state index contributed by atoms with van der Waals surface area (Å²) in [4.78, 5) is 11.1. The van der Waals surface area contributed by atoms with Crippen LogP contribution in [-0.4, -0.2) is 17.5 Å². The fourth-order valence-corrected chi connectivity index (χ4v) is 7.11. The van der Waals surface area contributed by atoms with Crippen LogP contribution in [0.5, 0.6) is 0 Å². The molecule has 0 aromatic carbocycles. The van der Waals surface area contributed by atoms with Crippen LogP contribution >= 0.6 is 0 Å². The van der Waals surface area contributed by atoms with Crippen molar-refractivity contribution < 1.29 is 9.90 Å². The van der Waals surface area contributed by atoms with E-state index in [4.69, 9.17) is 0 Å². The Kier molecular flexibility index (Phi) is 5.49. The van der Waals surface area contributed by atoms with E-state index in [1.165, 1.54) is 38.5 Å². The molecule has 2 heteroatoms. The molecule has 142 valence electrons. The van der Waals surface area contributed by atoms with Gasteiger partial charge in [-0.15, -0.1) is 0 Å². The number of hydrogen-bond donors (Lipinski definition) is 1. The van der Waals surface area contributed by atoms with Gasteiger partial charge in [0.05, 0.1) is 6.10 Å². The number of aliphatic hydroxyl groups is 1. The van der Waals surface area contributed by atoms with E-state index < -0.39 is 0 Å². The predicted octanol–water partition coefficient (Wildman–Crippen LogP) is 5.54. The first-order valence-electron chi connectivity index (χ1n) is 10.8. The van der Waals surface area contributed by atoms with Gasteiger partial charge in [-0.25, -0.2) is 0 Å². The molecule has 0 bridgehead atoms. The summed E-state index contributed by atoms with van der Waals surface area (Å²) in [5.74, 6) is 2.82. The molecule has 3 saturated carbocycles. The molecule has 0 heterocycles. The van der Waals surface area contributed by atoms with Crippen molar-refractivity contribution in [1.29, 1.82) is 0 Å². The quantitative estimate of drug-likeness (QED) is 0.526. The highest BCUT2D eigenvalue weighted by Gasteiger charge is 2.56. The molecule has 1 N–H and O–H groups in total. The molecule has 0 aromatic rings. The Bertz CT molecular complexity index is 524. The summed E-state index contributed by atoms with van der Waals surface area (Å²) >= 11 is 0.